The molecule has 3 aromatic rings. The summed E-state index contributed by atoms with van der Waals surface area (Å²) >= 11 is 0. The zero-order chi connectivity index (χ0) is 22.9. The van der Waals surface area contributed by atoms with Crippen LogP contribution in [0.1, 0.15) is 31.2 Å². The van der Waals surface area contributed by atoms with E-state index in [2.05, 4.69) is 44.1 Å². The molecule has 0 amide bonds. The Morgan fingerprint density at radius 2 is 1.88 bits per heavy atom. The molecule has 0 aliphatic carbocycles. The van der Waals surface area contributed by atoms with Gasteiger partial charge in [-0.3, -0.25) is 9.80 Å². The highest BCUT2D eigenvalue weighted by Gasteiger charge is 2.34. The third-order valence-corrected chi connectivity index (χ3v) is 7.72. The monoisotopic (exact) mass is 464 g/mol. The molecule has 0 spiro atoms. The lowest BCUT2D eigenvalue weighted by Gasteiger charge is -2.46. The molecule has 4 heterocycles. The van der Waals surface area contributed by atoms with Crippen LogP contribution in [0.3, 0.4) is 0 Å². The maximum Gasteiger partial charge on any atom is 0.183 e. The Kier molecular flexibility index (Phi) is 6.14. The van der Waals surface area contributed by atoms with Crippen molar-refractivity contribution >= 4 is 16.8 Å². The first-order valence-corrected chi connectivity index (χ1v) is 12.7. The van der Waals surface area contributed by atoms with E-state index >= 15 is 0 Å². The quantitative estimate of drug-likeness (QED) is 0.534. The van der Waals surface area contributed by atoms with Crippen molar-refractivity contribution in [3.05, 3.63) is 53.8 Å². The molecular weight excluding hydrogens is 431 g/mol. The van der Waals surface area contributed by atoms with Gasteiger partial charge in [-0.1, -0.05) is 23.4 Å². The Morgan fingerprint density at radius 3 is 2.79 bits per heavy atom. The number of aromatic nitrogens is 1. The molecule has 0 radical (unpaired) electrons. The Labute approximate surface area is 200 Å². The van der Waals surface area contributed by atoms with E-state index in [0.29, 0.717) is 28.7 Å². The number of nitrogens with zero attached hydrogens (tertiary/aromatic N) is 4. The summed E-state index contributed by atoms with van der Waals surface area (Å²) in [5, 5.41) is 4.71. The summed E-state index contributed by atoms with van der Waals surface area (Å²) in [6, 6.07) is 14.0. The van der Waals surface area contributed by atoms with E-state index in [1.165, 1.54) is 37.6 Å². The second kappa shape index (κ2) is 9.55. The van der Waals surface area contributed by atoms with Crippen molar-refractivity contribution in [3.8, 4) is 5.75 Å². The summed E-state index contributed by atoms with van der Waals surface area (Å²) < 4.78 is 26.1. The highest BCUT2D eigenvalue weighted by Crippen LogP contribution is 2.32. The SMILES string of the molecule is Fc1cccc2onc(N3CCN4CC(COc5cccc(CN6CCCC6)c5)CCC4C3)c12. The number of hydrogen-bond donors (Lipinski definition) is 0. The van der Waals surface area contributed by atoms with E-state index in [-0.39, 0.29) is 5.82 Å². The molecule has 1 aromatic heterocycles. The molecule has 3 fully saturated rings. The normalized spacial score (nSPS) is 24.0. The van der Waals surface area contributed by atoms with Crippen LogP contribution in [0.5, 0.6) is 5.75 Å². The zero-order valence-electron chi connectivity index (χ0n) is 19.7. The van der Waals surface area contributed by atoms with Crippen LogP contribution in [-0.2, 0) is 6.54 Å². The molecule has 0 saturated carbocycles. The van der Waals surface area contributed by atoms with Crippen LogP contribution in [0.15, 0.2) is 47.0 Å². The number of benzene rings is 2. The van der Waals surface area contributed by atoms with Gasteiger partial charge in [0.2, 0.25) is 0 Å². The van der Waals surface area contributed by atoms with Crippen molar-refractivity contribution in [2.45, 2.75) is 38.3 Å². The van der Waals surface area contributed by atoms with Crippen molar-refractivity contribution in [2.24, 2.45) is 5.92 Å². The van der Waals surface area contributed by atoms with Crippen molar-refractivity contribution < 1.29 is 13.7 Å². The summed E-state index contributed by atoms with van der Waals surface area (Å²) in [5.41, 5.74) is 1.86. The number of piperazine rings is 1. The molecule has 34 heavy (non-hydrogen) atoms. The van der Waals surface area contributed by atoms with Crippen molar-refractivity contribution in [2.75, 3.05) is 50.8 Å². The van der Waals surface area contributed by atoms with E-state index in [0.717, 1.165) is 57.9 Å². The molecule has 3 saturated heterocycles. The predicted octanol–water partition coefficient (Wildman–Crippen LogP) is 4.54. The molecule has 2 unspecified atom stereocenters. The molecule has 3 aliphatic rings. The van der Waals surface area contributed by atoms with Crippen LogP contribution in [0.2, 0.25) is 0 Å². The number of ether oxygens (including phenoxy) is 1. The van der Waals surface area contributed by atoms with Gasteiger partial charge in [-0.05, 0) is 68.6 Å². The smallest absolute Gasteiger partial charge is 0.183 e. The summed E-state index contributed by atoms with van der Waals surface area (Å²) in [6.07, 6.45) is 4.91. The minimum atomic E-state index is -0.262. The Morgan fingerprint density at radius 1 is 1.00 bits per heavy atom. The van der Waals surface area contributed by atoms with Gasteiger partial charge in [-0.25, -0.2) is 4.39 Å². The maximum absolute atomic E-state index is 14.4. The zero-order valence-corrected chi connectivity index (χ0v) is 19.7. The summed E-state index contributed by atoms with van der Waals surface area (Å²) in [4.78, 5) is 7.30. The second-order valence-electron chi connectivity index (χ2n) is 10.1. The standard InChI is InChI=1S/C27H33FN4O2/c28-24-7-4-8-25-26(24)27(29-34-25)32-14-13-31-17-21(9-10-22(31)18-32)19-33-23-6-3-5-20(15-23)16-30-11-1-2-12-30/h3-8,15,21-22H,1-2,9-14,16-19H2. The van der Waals surface area contributed by atoms with Crippen LogP contribution in [0.25, 0.3) is 11.0 Å². The van der Waals surface area contributed by atoms with Gasteiger partial charge in [0.25, 0.3) is 0 Å². The first-order valence-electron chi connectivity index (χ1n) is 12.7. The van der Waals surface area contributed by atoms with Gasteiger partial charge in [0, 0.05) is 44.7 Å². The Balaban J connectivity index is 1.03. The van der Waals surface area contributed by atoms with Gasteiger partial charge < -0.3 is 14.2 Å². The van der Waals surface area contributed by atoms with E-state index in [1.54, 1.807) is 12.1 Å². The lowest BCUT2D eigenvalue weighted by molar-refractivity contribution is 0.0726. The van der Waals surface area contributed by atoms with Gasteiger partial charge in [0.1, 0.15) is 17.0 Å². The molecular formula is C27H33FN4O2. The fourth-order valence-corrected chi connectivity index (χ4v) is 5.88. The van der Waals surface area contributed by atoms with Gasteiger partial charge in [0.15, 0.2) is 11.4 Å². The van der Waals surface area contributed by atoms with Crippen LogP contribution in [-0.4, -0.2) is 66.9 Å². The van der Waals surface area contributed by atoms with Gasteiger partial charge >= 0.3 is 0 Å². The summed E-state index contributed by atoms with van der Waals surface area (Å²) in [7, 11) is 0. The van der Waals surface area contributed by atoms with E-state index in [9.17, 15) is 4.39 Å². The van der Waals surface area contributed by atoms with Gasteiger partial charge in [0.05, 0.1) is 6.61 Å². The molecule has 3 aliphatic heterocycles. The minimum Gasteiger partial charge on any atom is -0.493 e. The van der Waals surface area contributed by atoms with Crippen molar-refractivity contribution in [1.29, 1.82) is 0 Å². The van der Waals surface area contributed by atoms with E-state index in [4.69, 9.17) is 9.26 Å². The highest BCUT2D eigenvalue weighted by molar-refractivity contribution is 5.89. The lowest BCUT2D eigenvalue weighted by atomic mass is 9.91. The number of rotatable bonds is 6. The summed E-state index contributed by atoms with van der Waals surface area (Å²) in [5.74, 6) is 1.91. The van der Waals surface area contributed by atoms with Crippen LogP contribution >= 0.6 is 0 Å². The first kappa shape index (κ1) is 21.9. The third-order valence-electron chi connectivity index (χ3n) is 7.72. The highest BCUT2D eigenvalue weighted by atomic mass is 19.1. The number of fused-ring (bicyclic) bond motifs is 2. The lowest BCUT2D eigenvalue weighted by Crippen LogP contribution is -2.57. The van der Waals surface area contributed by atoms with Crippen molar-refractivity contribution in [1.82, 2.24) is 15.0 Å². The summed E-state index contributed by atoms with van der Waals surface area (Å²) in [6.45, 7) is 7.92. The molecule has 180 valence electrons. The van der Waals surface area contributed by atoms with Crippen molar-refractivity contribution in [3.63, 3.8) is 0 Å². The van der Waals surface area contributed by atoms with Crippen LogP contribution < -0.4 is 9.64 Å². The number of halogens is 1. The fraction of sp³-hybridized carbons (Fsp3) is 0.519. The average molecular weight is 465 g/mol. The number of piperidine rings is 1. The van der Waals surface area contributed by atoms with Crippen LogP contribution in [0.4, 0.5) is 10.2 Å². The number of hydrogen-bond acceptors (Lipinski definition) is 6. The fourth-order valence-electron chi connectivity index (χ4n) is 5.88. The molecule has 0 bridgehead atoms. The topological polar surface area (TPSA) is 45.0 Å². The Hall–Kier alpha value is -2.64. The van der Waals surface area contributed by atoms with Gasteiger partial charge in [-0.15, -0.1) is 0 Å². The maximum atomic E-state index is 14.4. The number of anilines is 1. The third kappa shape index (κ3) is 4.51. The second-order valence-corrected chi connectivity index (χ2v) is 10.1. The van der Waals surface area contributed by atoms with E-state index in [1.807, 2.05) is 0 Å². The predicted molar refractivity (Wildman–Crippen MR) is 131 cm³/mol. The first-order chi connectivity index (χ1) is 16.7. The Bertz CT molecular complexity index is 1130. The average Bonchev–Trinajstić information content (AvgIpc) is 3.53. The minimum absolute atomic E-state index is 0.262. The number of likely N-dealkylation sites (tertiary alicyclic amines) is 1. The molecule has 2 atom stereocenters. The molecule has 6 rings (SSSR count). The van der Waals surface area contributed by atoms with Gasteiger partial charge in [-0.2, -0.15) is 0 Å². The molecule has 6 nitrogen and oxygen atoms in total. The molecule has 2 aromatic carbocycles. The van der Waals surface area contributed by atoms with Crippen LogP contribution in [0, 0.1) is 11.7 Å². The van der Waals surface area contributed by atoms with E-state index < -0.39 is 0 Å². The largest absolute Gasteiger partial charge is 0.493 e. The molecule has 0 N–H and O–H groups in total. The molecule has 7 heteroatoms.